The highest BCUT2D eigenvalue weighted by Crippen LogP contribution is 2.44. The molecule has 74 heavy (non-hydrogen) atoms. The van der Waals surface area contributed by atoms with Gasteiger partial charge in [-0.25, -0.2) is 15.0 Å². The Kier molecular flexibility index (Phi) is 10.5. The maximum atomic E-state index is 11.3. The number of nitriles is 3. The van der Waals surface area contributed by atoms with E-state index in [0.717, 1.165) is 105 Å². The van der Waals surface area contributed by atoms with Crippen LogP contribution in [-0.4, -0.2) is 24.1 Å². The van der Waals surface area contributed by atoms with Crippen LogP contribution in [0.5, 0.6) is 0 Å². The largest absolute Gasteiger partial charge is 0.309 e. The lowest BCUT2D eigenvalue weighted by Gasteiger charge is -2.20. The molecule has 0 N–H and O–H groups in total. The highest BCUT2D eigenvalue weighted by atomic mass is 15.0. The van der Waals surface area contributed by atoms with Crippen LogP contribution in [0.25, 0.3) is 123 Å². The third kappa shape index (κ3) is 7.33. The standard InChI is InChI=1S/C66H38N8/c67-39-42-14-11-20-46(34-42)48-28-31-59-54(36-48)52-23-7-9-25-57(52)73(59)61-33-30-50(66-71-64(44-16-3-1-4-17-44)70-65(72-66)45-18-5-2-6-19-45)38-56(61)63-51(41-69)22-13-27-62(63)74-58-26-10-8-24-53(58)55-37-49(29-32-60(55)74)47-21-12-15-43(35-47)40-68/h1-38H. The third-order valence-corrected chi connectivity index (χ3v) is 13.9. The molecule has 0 atom stereocenters. The molecular formula is C66H38N8. The molecular weight excluding hydrogens is 905 g/mol. The monoisotopic (exact) mass is 942 g/mol. The topological polar surface area (TPSA) is 120 Å². The van der Waals surface area contributed by atoms with E-state index >= 15 is 0 Å². The molecule has 0 saturated heterocycles. The van der Waals surface area contributed by atoms with Crippen LogP contribution in [0.2, 0.25) is 0 Å². The molecule has 10 aromatic carbocycles. The van der Waals surface area contributed by atoms with Gasteiger partial charge in [0.2, 0.25) is 0 Å². The summed E-state index contributed by atoms with van der Waals surface area (Å²) in [6.45, 7) is 0. The first-order valence-corrected chi connectivity index (χ1v) is 24.2. The van der Waals surface area contributed by atoms with Gasteiger partial charge in [-0.15, -0.1) is 0 Å². The first-order valence-electron chi connectivity index (χ1n) is 24.2. The van der Waals surface area contributed by atoms with Crippen LogP contribution in [0.1, 0.15) is 16.7 Å². The van der Waals surface area contributed by atoms with Crippen molar-refractivity contribution < 1.29 is 0 Å². The van der Waals surface area contributed by atoms with Crippen molar-refractivity contribution in [2.45, 2.75) is 0 Å². The zero-order valence-corrected chi connectivity index (χ0v) is 39.5. The lowest BCUT2D eigenvalue weighted by Crippen LogP contribution is -2.05. The van der Waals surface area contributed by atoms with Crippen molar-refractivity contribution in [2.24, 2.45) is 0 Å². The van der Waals surface area contributed by atoms with Gasteiger partial charge in [0, 0.05) is 49.4 Å². The summed E-state index contributed by atoms with van der Waals surface area (Å²) in [5, 5.41) is 35.1. The van der Waals surface area contributed by atoms with Gasteiger partial charge in [0.25, 0.3) is 0 Å². The first-order chi connectivity index (χ1) is 36.5. The van der Waals surface area contributed by atoms with E-state index < -0.39 is 0 Å². The molecule has 3 heterocycles. The molecule has 0 amide bonds. The molecule has 0 fully saturated rings. The van der Waals surface area contributed by atoms with Crippen molar-refractivity contribution in [1.82, 2.24) is 24.1 Å². The van der Waals surface area contributed by atoms with Gasteiger partial charge in [-0.3, -0.25) is 0 Å². The maximum Gasteiger partial charge on any atom is 0.164 e. The molecule has 3 aromatic heterocycles. The number of fused-ring (bicyclic) bond motifs is 6. The third-order valence-electron chi connectivity index (χ3n) is 13.9. The Bertz CT molecular complexity index is 4470. The second-order valence-electron chi connectivity index (χ2n) is 18.1. The van der Waals surface area contributed by atoms with Gasteiger partial charge in [-0.1, -0.05) is 140 Å². The highest BCUT2D eigenvalue weighted by molar-refractivity contribution is 6.13. The van der Waals surface area contributed by atoms with E-state index in [1.54, 1.807) is 0 Å². The summed E-state index contributed by atoms with van der Waals surface area (Å²) < 4.78 is 4.56. The molecule has 13 aromatic rings. The predicted molar refractivity (Wildman–Crippen MR) is 295 cm³/mol. The molecule has 0 aliphatic carbocycles. The summed E-state index contributed by atoms with van der Waals surface area (Å²) in [4.78, 5) is 15.4. The molecule has 8 nitrogen and oxygen atoms in total. The van der Waals surface area contributed by atoms with Crippen molar-refractivity contribution >= 4 is 43.6 Å². The Hall–Kier alpha value is -10.7. The van der Waals surface area contributed by atoms with Gasteiger partial charge in [-0.2, -0.15) is 15.8 Å². The fourth-order valence-electron chi connectivity index (χ4n) is 10.5. The first kappa shape index (κ1) is 43.3. The van der Waals surface area contributed by atoms with Crippen molar-refractivity contribution in [2.75, 3.05) is 0 Å². The Labute approximate surface area is 425 Å². The fraction of sp³-hybridized carbons (Fsp3) is 0. The molecule has 0 aliphatic rings. The lowest BCUT2D eigenvalue weighted by molar-refractivity contribution is 1.07. The van der Waals surface area contributed by atoms with Crippen LogP contribution >= 0.6 is 0 Å². The van der Waals surface area contributed by atoms with Gasteiger partial charge >= 0.3 is 0 Å². The number of benzene rings is 10. The Balaban J connectivity index is 1.11. The van der Waals surface area contributed by atoms with Crippen molar-refractivity contribution in [3.63, 3.8) is 0 Å². The molecule has 0 bridgehead atoms. The van der Waals surface area contributed by atoms with E-state index in [2.05, 4.69) is 130 Å². The van der Waals surface area contributed by atoms with E-state index in [4.69, 9.17) is 15.0 Å². The number of rotatable bonds is 8. The van der Waals surface area contributed by atoms with Crippen LogP contribution in [0.15, 0.2) is 231 Å². The summed E-state index contributed by atoms with van der Waals surface area (Å²) in [7, 11) is 0. The second kappa shape index (κ2) is 17.9. The summed E-state index contributed by atoms with van der Waals surface area (Å²) in [5.74, 6) is 1.57. The van der Waals surface area contributed by atoms with Gasteiger partial charge in [-0.05, 0) is 113 Å². The Morgan fingerprint density at radius 1 is 0.297 bits per heavy atom. The summed E-state index contributed by atoms with van der Waals surface area (Å²) in [6.07, 6.45) is 0. The van der Waals surface area contributed by atoms with E-state index in [0.29, 0.717) is 34.2 Å². The predicted octanol–water partition coefficient (Wildman–Crippen LogP) is 15.7. The summed E-state index contributed by atoms with van der Waals surface area (Å²) in [6, 6.07) is 84.4. The second-order valence-corrected chi connectivity index (χ2v) is 18.1. The molecule has 0 spiro atoms. The minimum Gasteiger partial charge on any atom is -0.309 e. The van der Waals surface area contributed by atoms with Crippen LogP contribution in [0.4, 0.5) is 0 Å². The lowest BCUT2D eigenvalue weighted by atomic mass is 9.94. The molecule has 0 aliphatic heterocycles. The summed E-state index contributed by atoms with van der Waals surface area (Å²) >= 11 is 0. The van der Waals surface area contributed by atoms with Crippen molar-refractivity contribution in [1.29, 1.82) is 15.8 Å². The molecule has 0 radical (unpaired) electrons. The molecule has 13 rings (SSSR count). The zero-order valence-electron chi connectivity index (χ0n) is 39.5. The van der Waals surface area contributed by atoms with Crippen LogP contribution in [0.3, 0.4) is 0 Å². The van der Waals surface area contributed by atoms with Crippen molar-refractivity contribution in [3.8, 4) is 97.1 Å². The quantitative estimate of drug-likeness (QED) is 0.150. The molecule has 342 valence electrons. The molecule has 0 unspecified atom stereocenters. The highest BCUT2D eigenvalue weighted by Gasteiger charge is 2.25. The van der Waals surface area contributed by atoms with Crippen LogP contribution < -0.4 is 0 Å². The summed E-state index contributed by atoms with van der Waals surface area (Å²) in [5.41, 5.74) is 15.1. The van der Waals surface area contributed by atoms with E-state index in [-0.39, 0.29) is 0 Å². The molecule has 8 heteroatoms. The van der Waals surface area contributed by atoms with E-state index in [1.165, 1.54) is 0 Å². The number of aromatic nitrogens is 5. The van der Waals surface area contributed by atoms with Crippen molar-refractivity contribution in [3.05, 3.63) is 247 Å². The fourth-order valence-corrected chi connectivity index (χ4v) is 10.5. The van der Waals surface area contributed by atoms with Gasteiger partial charge in [0.05, 0.1) is 68.3 Å². The van der Waals surface area contributed by atoms with Gasteiger partial charge in [0.15, 0.2) is 17.5 Å². The smallest absolute Gasteiger partial charge is 0.164 e. The van der Waals surface area contributed by atoms with E-state index in [9.17, 15) is 15.8 Å². The Morgan fingerprint density at radius 2 is 0.730 bits per heavy atom. The molecule has 0 saturated carbocycles. The average molecular weight is 943 g/mol. The average Bonchev–Trinajstić information content (AvgIpc) is 3.99. The van der Waals surface area contributed by atoms with Gasteiger partial charge in [0.1, 0.15) is 0 Å². The number of para-hydroxylation sites is 2. The Morgan fingerprint density at radius 3 is 1.26 bits per heavy atom. The SMILES string of the molecule is N#Cc1cccc(-c2ccc3c(c2)c2ccccc2n3-c2ccc(-c3nc(-c4ccccc4)nc(-c4ccccc4)n3)cc2-c2c(C#N)cccc2-n2c3ccccc3c3cc(-c4cccc(C#N)c4)ccc32)c1. The van der Waals surface area contributed by atoms with Crippen LogP contribution in [0, 0.1) is 34.0 Å². The normalized spacial score (nSPS) is 11.2. The number of hydrogen-bond donors (Lipinski definition) is 0. The minimum absolute atomic E-state index is 0.484. The zero-order chi connectivity index (χ0) is 49.7. The number of hydrogen-bond acceptors (Lipinski definition) is 6. The van der Waals surface area contributed by atoms with Gasteiger partial charge < -0.3 is 9.13 Å². The van der Waals surface area contributed by atoms with E-state index in [1.807, 2.05) is 127 Å². The maximum absolute atomic E-state index is 11.3. The van der Waals surface area contributed by atoms with Crippen LogP contribution in [-0.2, 0) is 0 Å². The minimum atomic E-state index is 0.484. The number of nitrogens with zero attached hydrogens (tertiary/aromatic N) is 8.